The van der Waals surface area contributed by atoms with Crippen LogP contribution in [0.1, 0.15) is 27.7 Å². The van der Waals surface area contributed by atoms with Crippen LogP contribution in [0.2, 0.25) is 0 Å². The smallest absolute Gasteiger partial charge is 0.191 e. The molecule has 0 saturated heterocycles. The standard InChI is InChI=1S/C20H30N12S4/c1-11(25-29-17(33)21-5)13(3)27-31-19(35)23-15-7-9-16(10-8-15)24-20(36)32-28-14(4)12(2)26-30-18(34)22-6/h7-10H,1-6H3,(H2,21,29,33)(H2,22,30,34)(H2,23,31,35)(H2,24,32,36). The van der Waals surface area contributed by atoms with Crippen LogP contribution in [-0.2, 0) is 0 Å². The summed E-state index contributed by atoms with van der Waals surface area (Å²) < 4.78 is 0. The first kappa shape index (κ1) is 30.7. The normalized spacial score (nSPS) is 12.2. The van der Waals surface area contributed by atoms with Crippen molar-refractivity contribution in [3.63, 3.8) is 0 Å². The summed E-state index contributed by atoms with van der Waals surface area (Å²) in [4.78, 5) is 0. The van der Waals surface area contributed by atoms with Crippen molar-refractivity contribution in [3.8, 4) is 0 Å². The number of benzene rings is 1. The highest BCUT2D eigenvalue weighted by molar-refractivity contribution is 7.81. The van der Waals surface area contributed by atoms with Crippen LogP contribution < -0.4 is 43.0 Å². The Morgan fingerprint density at radius 1 is 0.500 bits per heavy atom. The second-order valence-electron chi connectivity index (χ2n) is 6.88. The molecule has 16 heteroatoms. The summed E-state index contributed by atoms with van der Waals surface area (Å²) in [6.07, 6.45) is 0. The molecule has 36 heavy (non-hydrogen) atoms. The zero-order valence-corrected chi connectivity index (χ0v) is 24.0. The number of hydrogen-bond acceptors (Lipinski definition) is 8. The van der Waals surface area contributed by atoms with Gasteiger partial charge in [-0.3, -0.25) is 21.7 Å². The van der Waals surface area contributed by atoms with Gasteiger partial charge in [-0.15, -0.1) is 0 Å². The van der Waals surface area contributed by atoms with Gasteiger partial charge in [0.25, 0.3) is 0 Å². The summed E-state index contributed by atoms with van der Waals surface area (Å²) in [5.74, 6) is 0. The molecule has 0 fully saturated rings. The Morgan fingerprint density at radius 2 is 0.750 bits per heavy atom. The van der Waals surface area contributed by atoms with Crippen LogP contribution in [0.4, 0.5) is 11.4 Å². The third kappa shape index (κ3) is 12.4. The average molecular weight is 567 g/mol. The maximum Gasteiger partial charge on any atom is 0.191 e. The summed E-state index contributed by atoms with van der Waals surface area (Å²) in [5, 5.41) is 29.8. The van der Waals surface area contributed by atoms with Crippen molar-refractivity contribution < 1.29 is 0 Å². The Balaban J connectivity index is 2.57. The monoisotopic (exact) mass is 566 g/mol. The number of hydrazone groups is 4. The third-order valence-corrected chi connectivity index (χ3v) is 5.18. The van der Waals surface area contributed by atoms with E-state index in [2.05, 4.69) is 63.4 Å². The molecule has 194 valence electrons. The molecule has 0 bridgehead atoms. The van der Waals surface area contributed by atoms with E-state index in [4.69, 9.17) is 48.9 Å². The van der Waals surface area contributed by atoms with E-state index in [1.807, 2.05) is 24.3 Å². The maximum atomic E-state index is 5.29. The van der Waals surface area contributed by atoms with Crippen molar-refractivity contribution in [2.75, 3.05) is 24.7 Å². The van der Waals surface area contributed by atoms with E-state index in [0.29, 0.717) is 43.3 Å². The highest BCUT2D eigenvalue weighted by Gasteiger charge is 2.03. The second kappa shape index (κ2) is 16.4. The molecule has 1 aromatic carbocycles. The largest absolute Gasteiger partial charge is 0.364 e. The molecule has 0 aliphatic carbocycles. The molecule has 0 saturated carbocycles. The molecule has 0 atom stereocenters. The molecule has 0 amide bonds. The van der Waals surface area contributed by atoms with Crippen molar-refractivity contribution in [1.29, 1.82) is 0 Å². The van der Waals surface area contributed by atoms with Crippen LogP contribution in [0.15, 0.2) is 44.7 Å². The minimum absolute atomic E-state index is 0.325. The van der Waals surface area contributed by atoms with Crippen LogP contribution in [0, 0.1) is 0 Å². The van der Waals surface area contributed by atoms with E-state index in [0.717, 1.165) is 11.4 Å². The zero-order chi connectivity index (χ0) is 27.1. The van der Waals surface area contributed by atoms with Gasteiger partial charge in [0.15, 0.2) is 20.4 Å². The minimum Gasteiger partial charge on any atom is -0.364 e. The Morgan fingerprint density at radius 3 is 1.00 bits per heavy atom. The molecule has 1 aromatic rings. The van der Waals surface area contributed by atoms with Gasteiger partial charge in [-0.2, -0.15) is 20.4 Å². The van der Waals surface area contributed by atoms with Gasteiger partial charge in [-0.05, 0) is 101 Å². The number of thiocarbonyl (C=S) groups is 4. The molecule has 12 nitrogen and oxygen atoms in total. The molecule has 0 radical (unpaired) electrons. The fourth-order valence-electron chi connectivity index (χ4n) is 1.93. The molecule has 1 rings (SSSR count). The highest BCUT2D eigenvalue weighted by Crippen LogP contribution is 2.13. The predicted molar refractivity (Wildman–Crippen MR) is 167 cm³/mol. The van der Waals surface area contributed by atoms with Crippen molar-refractivity contribution >= 4 is 104 Å². The van der Waals surface area contributed by atoms with Crippen molar-refractivity contribution in [1.82, 2.24) is 32.3 Å². The molecular weight excluding hydrogens is 537 g/mol. The topological polar surface area (TPSA) is 146 Å². The molecule has 8 N–H and O–H groups in total. The minimum atomic E-state index is 0.325. The van der Waals surface area contributed by atoms with Gasteiger partial charge in [0.1, 0.15) is 0 Å². The SMILES string of the molecule is CNC(=S)NN=C(C)C(C)=NNC(=S)Nc1ccc(NC(=S)NN=C(C)C(C)=NNC(=S)NC)cc1. The first-order chi connectivity index (χ1) is 17.0. The Bertz CT molecular complexity index is 992. The lowest BCUT2D eigenvalue weighted by Crippen LogP contribution is -2.30. The van der Waals surface area contributed by atoms with Crippen LogP contribution >= 0.6 is 48.9 Å². The molecule has 0 aliphatic rings. The van der Waals surface area contributed by atoms with Crippen molar-refractivity contribution in [2.45, 2.75) is 27.7 Å². The summed E-state index contributed by atoms with van der Waals surface area (Å²) in [6.45, 7) is 7.19. The van der Waals surface area contributed by atoms with Crippen LogP contribution in [-0.4, -0.2) is 57.4 Å². The summed E-state index contributed by atoms with van der Waals surface area (Å²) in [5.41, 5.74) is 15.1. The van der Waals surface area contributed by atoms with Gasteiger partial charge >= 0.3 is 0 Å². The maximum absolute atomic E-state index is 5.29. The first-order valence-electron chi connectivity index (χ1n) is 10.4. The van der Waals surface area contributed by atoms with E-state index in [9.17, 15) is 0 Å². The zero-order valence-electron chi connectivity index (χ0n) is 20.7. The molecule has 0 spiro atoms. The van der Waals surface area contributed by atoms with Gasteiger partial charge in [0, 0.05) is 25.5 Å². The van der Waals surface area contributed by atoms with Gasteiger partial charge in [-0.1, -0.05) is 0 Å². The van der Waals surface area contributed by atoms with Crippen LogP contribution in [0.3, 0.4) is 0 Å². The molecule has 0 aromatic heterocycles. The Kier molecular flexibility index (Phi) is 13.9. The lowest BCUT2D eigenvalue weighted by molar-refractivity contribution is 0.974. The van der Waals surface area contributed by atoms with E-state index in [-0.39, 0.29) is 0 Å². The molecule has 0 aliphatic heterocycles. The fourth-order valence-corrected chi connectivity index (χ4v) is 2.35. The van der Waals surface area contributed by atoms with E-state index in [1.54, 1.807) is 41.8 Å². The Hall–Kier alpha value is -3.34. The summed E-state index contributed by atoms with van der Waals surface area (Å²) in [7, 11) is 3.41. The molecular formula is C20H30N12S4. The second-order valence-corrected chi connectivity index (χ2v) is 8.51. The molecule has 0 heterocycles. The quantitative estimate of drug-likeness (QED) is 0.132. The number of nitrogens with one attached hydrogen (secondary N) is 8. The highest BCUT2D eigenvalue weighted by atomic mass is 32.1. The van der Waals surface area contributed by atoms with Gasteiger partial charge in [-0.25, -0.2) is 0 Å². The third-order valence-electron chi connectivity index (χ3n) is 4.20. The number of rotatable bonds is 8. The predicted octanol–water partition coefficient (Wildman–Crippen LogP) is 1.95. The van der Waals surface area contributed by atoms with E-state index >= 15 is 0 Å². The number of nitrogens with zero attached hydrogens (tertiary/aromatic N) is 4. The van der Waals surface area contributed by atoms with E-state index < -0.39 is 0 Å². The lowest BCUT2D eigenvalue weighted by atomic mass is 10.3. The first-order valence-corrected chi connectivity index (χ1v) is 12.1. The van der Waals surface area contributed by atoms with Crippen molar-refractivity contribution in [3.05, 3.63) is 24.3 Å². The number of anilines is 2. The van der Waals surface area contributed by atoms with Crippen LogP contribution in [0.25, 0.3) is 0 Å². The number of hydrogen-bond donors (Lipinski definition) is 8. The van der Waals surface area contributed by atoms with Crippen molar-refractivity contribution in [2.24, 2.45) is 20.4 Å². The van der Waals surface area contributed by atoms with Gasteiger partial charge in [0.05, 0.1) is 22.8 Å². The summed E-state index contributed by atoms with van der Waals surface area (Å²) in [6, 6.07) is 7.36. The summed E-state index contributed by atoms with van der Waals surface area (Å²) >= 11 is 20.5. The lowest BCUT2D eigenvalue weighted by Gasteiger charge is -2.11. The van der Waals surface area contributed by atoms with E-state index in [1.165, 1.54) is 0 Å². The van der Waals surface area contributed by atoms with Gasteiger partial charge in [0.2, 0.25) is 0 Å². The molecule has 0 unspecified atom stereocenters. The average Bonchev–Trinajstić information content (AvgIpc) is 2.87. The fraction of sp³-hybridized carbons (Fsp3) is 0.300. The van der Waals surface area contributed by atoms with Gasteiger partial charge < -0.3 is 21.3 Å². The Labute approximate surface area is 232 Å². The van der Waals surface area contributed by atoms with Crippen LogP contribution in [0.5, 0.6) is 0 Å².